The molecule has 190 valence electrons. The number of alkyl halides is 3. The molecule has 1 N–H and O–H groups in total. The zero-order valence-corrected chi connectivity index (χ0v) is 20.5. The highest BCUT2D eigenvalue weighted by Crippen LogP contribution is 2.35. The Kier molecular flexibility index (Phi) is 7.93. The maximum Gasteiger partial charge on any atom is 0.434 e. The van der Waals surface area contributed by atoms with Gasteiger partial charge < -0.3 is 15.0 Å². The van der Waals surface area contributed by atoms with Crippen LogP contribution < -0.4 is 10.1 Å². The molecular weight excluding hydrogens is 491 g/mol. The molecule has 0 spiro atoms. The number of benzene rings is 2. The number of halogens is 3. The van der Waals surface area contributed by atoms with Gasteiger partial charge in [0, 0.05) is 25.2 Å². The number of carbonyl (C=O) groups is 2. The summed E-state index contributed by atoms with van der Waals surface area (Å²) in [5.74, 6) is 0.274. The second-order valence-electron chi connectivity index (χ2n) is 8.61. The summed E-state index contributed by atoms with van der Waals surface area (Å²) < 4.78 is 44.4. The molecule has 1 fully saturated rings. The van der Waals surface area contributed by atoms with Crippen molar-refractivity contribution in [1.82, 2.24) is 9.88 Å². The minimum absolute atomic E-state index is 0.0771. The normalized spacial score (nSPS) is 14.5. The van der Waals surface area contributed by atoms with E-state index in [4.69, 9.17) is 4.74 Å². The number of aromatic nitrogens is 1. The maximum absolute atomic E-state index is 13.1. The second kappa shape index (κ2) is 11.1. The summed E-state index contributed by atoms with van der Waals surface area (Å²) in [6.07, 6.45) is -2.36. The maximum atomic E-state index is 13.1. The molecular formula is C26H26F3N3O3S. The van der Waals surface area contributed by atoms with Gasteiger partial charge in [-0.05, 0) is 60.6 Å². The first-order valence-corrected chi connectivity index (χ1v) is 12.4. The fourth-order valence-corrected chi connectivity index (χ4v) is 5.05. The van der Waals surface area contributed by atoms with Crippen LogP contribution in [0.25, 0.3) is 0 Å². The van der Waals surface area contributed by atoms with Gasteiger partial charge in [-0.15, -0.1) is 11.3 Å². The first-order valence-electron chi connectivity index (χ1n) is 11.6. The molecule has 2 amide bonds. The summed E-state index contributed by atoms with van der Waals surface area (Å²) >= 11 is 0.723. The summed E-state index contributed by atoms with van der Waals surface area (Å²) in [6.45, 7) is 0.755. The number of nitrogens with zero attached hydrogens (tertiary/aromatic N) is 2. The number of nitrogens with one attached hydrogen (secondary N) is 1. The molecule has 0 radical (unpaired) electrons. The number of carbonyl (C=O) groups excluding carboxylic acids is 2. The van der Waals surface area contributed by atoms with Crippen molar-refractivity contribution in [1.29, 1.82) is 0 Å². The number of ether oxygens (including phenoxy) is 1. The van der Waals surface area contributed by atoms with Gasteiger partial charge in [-0.2, -0.15) is 13.2 Å². The third-order valence-corrected chi connectivity index (χ3v) is 7.09. The first-order chi connectivity index (χ1) is 17.2. The van der Waals surface area contributed by atoms with Crippen molar-refractivity contribution in [2.75, 3.05) is 25.5 Å². The highest BCUT2D eigenvalue weighted by molar-refractivity contribution is 7.11. The Balaban J connectivity index is 1.26. The van der Waals surface area contributed by atoms with E-state index < -0.39 is 17.8 Å². The fourth-order valence-electron chi connectivity index (χ4n) is 4.27. The van der Waals surface area contributed by atoms with Crippen LogP contribution in [0.1, 0.15) is 51.7 Å². The Morgan fingerprint density at radius 2 is 1.75 bits per heavy atom. The van der Waals surface area contributed by atoms with Gasteiger partial charge in [0.1, 0.15) is 10.6 Å². The van der Waals surface area contributed by atoms with Crippen molar-refractivity contribution in [3.8, 4) is 5.75 Å². The van der Waals surface area contributed by atoms with Gasteiger partial charge >= 0.3 is 6.18 Å². The number of likely N-dealkylation sites (tertiary alicyclic amines) is 1. The molecule has 1 aliphatic heterocycles. The monoisotopic (exact) mass is 517 g/mol. The topological polar surface area (TPSA) is 71.5 Å². The van der Waals surface area contributed by atoms with Gasteiger partial charge in [0.2, 0.25) is 5.91 Å². The van der Waals surface area contributed by atoms with Crippen molar-refractivity contribution >= 4 is 28.8 Å². The summed E-state index contributed by atoms with van der Waals surface area (Å²) in [6, 6.07) is 15.2. The van der Waals surface area contributed by atoms with Gasteiger partial charge in [-0.1, -0.05) is 24.3 Å². The molecule has 2 heterocycles. The van der Waals surface area contributed by atoms with Crippen LogP contribution in [0.2, 0.25) is 0 Å². The molecule has 36 heavy (non-hydrogen) atoms. The highest BCUT2D eigenvalue weighted by Gasteiger charge is 2.39. The highest BCUT2D eigenvalue weighted by atomic mass is 32.1. The molecule has 1 aliphatic rings. The fraction of sp³-hybridized carbons (Fsp3) is 0.346. The quantitative estimate of drug-likeness (QED) is 0.433. The Morgan fingerprint density at radius 3 is 2.36 bits per heavy atom. The largest absolute Gasteiger partial charge is 0.497 e. The van der Waals surface area contributed by atoms with Crippen molar-refractivity contribution in [3.63, 3.8) is 0 Å². The number of piperidine rings is 1. The molecule has 1 saturated heterocycles. The zero-order chi connectivity index (χ0) is 25.7. The molecule has 4 rings (SSSR count). The second-order valence-corrected chi connectivity index (χ2v) is 9.47. The molecule has 0 aliphatic carbocycles. The molecule has 6 nitrogen and oxygen atoms in total. The third kappa shape index (κ3) is 6.23. The number of methoxy groups -OCH3 is 1. The van der Waals surface area contributed by atoms with Crippen molar-refractivity contribution in [3.05, 3.63) is 75.7 Å². The Labute approximate surface area is 211 Å². The van der Waals surface area contributed by atoms with E-state index in [1.807, 2.05) is 48.5 Å². The Bertz CT molecular complexity index is 1190. The average molecular weight is 518 g/mol. The number of aryl methyl sites for hydroxylation is 1. The van der Waals surface area contributed by atoms with Gasteiger partial charge in [-0.25, -0.2) is 4.98 Å². The number of hydrogen-bond donors (Lipinski definition) is 1. The SMILES string of the molecule is COc1ccc(CCC(=O)Nc2ccc(C3CCN(C(=O)c4scnc4C(F)(F)F)CC3)cc2)cc1. The van der Waals surface area contributed by atoms with Crippen LogP contribution >= 0.6 is 11.3 Å². The van der Waals surface area contributed by atoms with Gasteiger partial charge in [0.15, 0.2) is 5.69 Å². The van der Waals surface area contributed by atoms with Crippen molar-refractivity contribution < 1.29 is 27.5 Å². The van der Waals surface area contributed by atoms with E-state index in [2.05, 4.69) is 10.3 Å². The summed E-state index contributed by atoms with van der Waals surface area (Å²) in [7, 11) is 1.61. The lowest BCUT2D eigenvalue weighted by Gasteiger charge is -2.32. The average Bonchev–Trinajstić information content (AvgIpc) is 3.39. The van der Waals surface area contributed by atoms with E-state index in [-0.39, 0.29) is 16.7 Å². The molecule has 10 heteroatoms. The molecule has 1 aromatic heterocycles. The van der Waals surface area contributed by atoms with E-state index in [1.54, 1.807) is 7.11 Å². The van der Waals surface area contributed by atoms with Crippen LogP contribution in [0.3, 0.4) is 0 Å². The molecule has 3 aromatic rings. The van der Waals surface area contributed by atoms with Gasteiger partial charge in [0.25, 0.3) is 5.91 Å². The van der Waals surface area contributed by atoms with Crippen LogP contribution in [0.5, 0.6) is 5.75 Å². The molecule has 0 atom stereocenters. The molecule has 0 bridgehead atoms. The lowest BCUT2D eigenvalue weighted by molar-refractivity contribution is -0.141. The van der Waals surface area contributed by atoms with Crippen LogP contribution in [-0.4, -0.2) is 41.9 Å². The predicted molar refractivity (Wildman–Crippen MR) is 131 cm³/mol. The van der Waals surface area contributed by atoms with E-state index in [0.717, 1.165) is 33.7 Å². The van der Waals surface area contributed by atoms with Crippen LogP contribution in [0.4, 0.5) is 18.9 Å². The Hall–Kier alpha value is -3.40. The van der Waals surface area contributed by atoms with Crippen molar-refractivity contribution in [2.24, 2.45) is 0 Å². The number of anilines is 1. The lowest BCUT2D eigenvalue weighted by Crippen LogP contribution is -2.38. The molecule has 2 aromatic carbocycles. The zero-order valence-electron chi connectivity index (χ0n) is 19.7. The van der Waals surface area contributed by atoms with E-state index in [9.17, 15) is 22.8 Å². The number of thiazole rings is 1. The summed E-state index contributed by atoms with van der Waals surface area (Å²) in [4.78, 5) is 29.4. The van der Waals surface area contributed by atoms with Crippen LogP contribution in [0, 0.1) is 0 Å². The van der Waals surface area contributed by atoms with E-state index >= 15 is 0 Å². The third-order valence-electron chi connectivity index (χ3n) is 6.28. The van der Waals surface area contributed by atoms with Crippen molar-refractivity contribution in [2.45, 2.75) is 37.8 Å². The lowest BCUT2D eigenvalue weighted by atomic mass is 9.89. The van der Waals surface area contributed by atoms with Gasteiger partial charge in [0.05, 0.1) is 12.6 Å². The minimum Gasteiger partial charge on any atom is -0.497 e. The van der Waals surface area contributed by atoms with Crippen LogP contribution in [0.15, 0.2) is 54.0 Å². The number of amides is 2. The molecule has 0 unspecified atom stereocenters. The van der Waals surface area contributed by atoms with Crippen LogP contribution in [-0.2, 0) is 17.4 Å². The van der Waals surface area contributed by atoms with Gasteiger partial charge in [-0.3, -0.25) is 9.59 Å². The standard InChI is InChI=1S/C26H26F3N3O3S/c1-35-21-9-2-17(3-10-21)4-11-22(33)31-20-7-5-18(6-8-20)19-12-14-32(15-13-19)25(34)23-24(26(27,28)29)30-16-36-23/h2-3,5-10,16,19H,4,11-15H2,1H3,(H,31,33). The summed E-state index contributed by atoms with van der Waals surface area (Å²) in [5.41, 5.74) is 2.78. The molecule has 0 saturated carbocycles. The smallest absolute Gasteiger partial charge is 0.434 e. The van der Waals surface area contributed by atoms with E-state index in [1.165, 1.54) is 4.90 Å². The minimum atomic E-state index is -4.64. The first kappa shape index (κ1) is 25.7. The Morgan fingerprint density at radius 1 is 1.08 bits per heavy atom. The summed E-state index contributed by atoms with van der Waals surface area (Å²) in [5, 5.41) is 2.91. The predicted octanol–water partition coefficient (Wildman–Crippen LogP) is 5.76. The van der Waals surface area contributed by atoms with E-state index in [0.29, 0.717) is 44.5 Å². The number of hydrogen-bond acceptors (Lipinski definition) is 5. The number of rotatable bonds is 7.